The molecule has 5 heteroatoms. The van der Waals surface area contributed by atoms with Crippen molar-refractivity contribution >= 4 is 5.91 Å². The highest BCUT2D eigenvalue weighted by Gasteiger charge is 2.09. The summed E-state index contributed by atoms with van der Waals surface area (Å²) in [6, 6.07) is 13.8. The first-order valence-electron chi connectivity index (χ1n) is 9.94. The number of carbonyl (C=O) groups is 1. The maximum absolute atomic E-state index is 13.7. The van der Waals surface area contributed by atoms with Crippen LogP contribution in [0.3, 0.4) is 0 Å². The highest BCUT2D eigenvalue weighted by Crippen LogP contribution is 2.16. The van der Waals surface area contributed by atoms with E-state index in [1.807, 2.05) is 37.3 Å². The van der Waals surface area contributed by atoms with Crippen LogP contribution in [0.25, 0.3) is 0 Å². The van der Waals surface area contributed by atoms with E-state index in [1.165, 1.54) is 11.6 Å². The third-order valence-corrected chi connectivity index (χ3v) is 4.57. The summed E-state index contributed by atoms with van der Waals surface area (Å²) < 4.78 is 19.4. The van der Waals surface area contributed by atoms with Gasteiger partial charge in [0.1, 0.15) is 18.2 Å². The lowest BCUT2D eigenvalue weighted by Gasteiger charge is -2.10. The molecule has 0 bridgehead atoms. The molecule has 0 aromatic heterocycles. The van der Waals surface area contributed by atoms with Gasteiger partial charge in [-0.3, -0.25) is 4.79 Å². The molecule has 0 fully saturated rings. The Morgan fingerprint density at radius 1 is 1.17 bits per heavy atom. The van der Waals surface area contributed by atoms with Crippen LogP contribution >= 0.6 is 0 Å². The Morgan fingerprint density at radius 2 is 1.93 bits per heavy atom. The molecule has 0 heterocycles. The third-order valence-electron chi connectivity index (χ3n) is 4.57. The Hall–Kier alpha value is -3.34. The van der Waals surface area contributed by atoms with E-state index in [0.717, 1.165) is 12.0 Å². The predicted molar refractivity (Wildman–Crippen MR) is 119 cm³/mol. The van der Waals surface area contributed by atoms with E-state index in [9.17, 15) is 9.18 Å². The van der Waals surface area contributed by atoms with Crippen LogP contribution in [0.1, 0.15) is 38.3 Å². The maximum Gasteiger partial charge on any atom is 0.253 e. The summed E-state index contributed by atoms with van der Waals surface area (Å²) in [6.45, 7) is 6.27. The van der Waals surface area contributed by atoms with E-state index in [2.05, 4.69) is 12.2 Å². The molecule has 30 heavy (non-hydrogen) atoms. The smallest absolute Gasteiger partial charge is 0.253 e. The molecule has 2 aromatic rings. The second-order valence-electron chi connectivity index (χ2n) is 7.03. The number of nitrogens with two attached hydrogens (primary N) is 1. The number of ether oxygens (including phenoxy) is 1. The van der Waals surface area contributed by atoms with Gasteiger partial charge in [-0.2, -0.15) is 0 Å². The van der Waals surface area contributed by atoms with Gasteiger partial charge in [0.05, 0.1) is 5.57 Å². The van der Waals surface area contributed by atoms with Gasteiger partial charge in [-0.15, -0.1) is 0 Å². The summed E-state index contributed by atoms with van der Waals surface area (Å²) in [5, 5.41) is 2.88. The van der Waals surface area contributed by atoms with E-state index in [0.29, 0.717) is 29.1 Å². The average molecular weight is 409 g/mol. The average Bonchev–Trinajstić information content (AvgIpc) is 2.74. The fourth-order valence-electron chi connectivity index (χ4n) is 2.61. The molecule has 2 rings (SSSR count). The van der Waals surface area contributed by atoms with Crippen LogP contribution in [0.4, 0.5) is 4.39 Å². The van der Waals surface area contributed by atoms with Crippen molar-refractivity contribution in [1.82, 2.24) is 5.32 Å². The van der Waals surface area contributed by atoms with Gasteiger partial charge in [0.25, 0.3) is 5.91 Å². The van der Waals surface area contributed by atoms with Gasteiger partial charge in [-0.25, -0.2) is 4.39 Å². The summed E-state index contributed by atoms with van der Waals surface area (Å²) >= 11 is 0. The van der Waals surface area contributed by atoms with Crippen molar-refractivity contribution in [2.24, 2.45) is 5.73 Å². The predicted octanol–water partition coefficient (Wildman–Crippen LogP) is 5.17. The minimum Gasteiger partial charge on any atom is -0.489 e. The zero-order valence-corrected chi connectivity index (χ0v) is 17.7. The van der Waals surface area contributed by atoms with Crippen molar-refractivity contribution in [1.29, 1.82) is 0 Å². The van der Waals surface area contributed by atoms with E-state index in [-0.39, 0.29) is 18.3 Å². The van der Waals surface area contributed by atoms with E-state index in [1.54, 1.807) is 37.3 Å². The van der Waals surface area contributed by atoms with Crippen LogP contribution in [0, 0.1) is 5.82 Å². The fourth-order valence-corrected chi connectivity index (χ4v) is 2.61. The molecule has 0 saturated carbocycles. The molecule has 2 aromatic carbocycles. The van der Waals surface area contributed by atoms with Crippen LogP contribution < -0.4 is 15.8 Å². The molecule has 0 aliphatic rings. The molecule has 0 unspecified atom stereocenters. The molecule has 0 spiro atoms. The highest BCUT2D eigenvalue weighted by molar-refractivity contribution is 5.96. The van der Waals surface area contributed by atoms with Gasteiger partial charge < -0.3 is 15.8 Å². The molecule has 0 atom stereocenters. The molecule has 158 valence electrons. The van der Waals surface area contributed by atoms with Gasteiger partial charge in [-0.1, -0.05) is 55.0 Å². The van der Waals surface area contributed by atoms with Crippen molar-refractivity contribution in [2.75, 3.05) is 0 Å². The molecule has 3 N–H and O–H groups in total. The minimum absolute atomic E-state index is 0.136. The first kappa shape index (κ1) is 22.9. The van der Waals surface area contributed by atoms with Gasteiger partial charge in [0.15, 0.2) is 0 Å². The van der Waals surface area contributed by atoms with Crippen molar-refractivity contribution < 1.29 is 13.9 Å². The van der Waals surface area contributed by atoms with E-state index in [4.69, 9.17) is 10.5 Å². The summed E-state index contributed by atoms with van der Waals surface area (Å²) in [6.07, 6.45) is 6.47. The summed E-state index contributed by atoms with van der Waals surface area (Å²) in [5.41, 5.74) is 9.34. The lowest BCUT2D eigenvalue weighted by atomic mass is 10.1. The van der Waals surface area contributed by atoms with Crippen LogP contribution in [-0.2, 0) is 17.9 Å². The molecular formula is C25H29FN2O2. The molecule has 0 aliphatic carbocycles. The Bertz CT molecular complexity index is 957. The monoisotopic (exact) mass is 408 g/mol. The van der Waals surface area contributed by atoms with Crippen molar-refractivity contribution in [3.63, 3.8) is 0 Å². The number of hydrogen-bond acceptors (Lipinski definition) is 3. The van der Waals surface area contributed by atoms with Gasteiger partial charge in [0.2, 0.25) is 0 Å². The summed E-state index contributed by atoms with van der Waals surface area (Å²) in [4.78, 5) is 12.5. The number of allylic oxidation sites excluding steroid dienone is 4. The first-order chi connectivity index (χ1) is 14.4. The van der Waals surface area contributed by atoms with Crippen LogP contribution in [-0.4, -0.2) is 5.91 Å². The summed E-state index contributed by atoms with van der Waals surface area (Å²) in [5.74, 6) is 0.0664. The van der Waals surface area contributed by atoms with Crippen LogP contribution in [0.2, 0.25) is 0 Å². The second kappa shape index (κ2) is 11.6. The minimum atomic E-state index is -0.297. The van der Waals surface area contributed by atoms with Crippen LogP contribution in [0.5, 0.6) is 5.75 Å². The van der Waals surface area contributed by atoms with Gasteiger partial charge >= 0.3 is 0 Å². The standard InChI is InChI=1S/C25H29FN2O2/c1-4-18(2)9-7-13-23(19(3)27)25(29)28-16-20-10-8-12-22(15-20)30-17-21-11-5-6-14-24(21)26/h5-15H,4,16-17,27H2,1-3H3,(H,28,29)/b13-7-,18-9?,23-19-. The Labute approximate surface area is 177 Å². The molecule has 0 saturated heterocycles. The van der Waals surface area contributed by atoms with Crippen molar-refractivity contribution in [2.45, 2.75) is 40.3 Å². The number of amides is 1. The lowest BCUT2D eigenvalue weighted by molar-refractivity contribution is -0.117. The quantitative estimate of drug-likeness (QED) is 0.445. The SMILES string of the molecule is CCC(C)=C/C=C\C(C(=O)NCc1cccc(OCc2ccccc2F)c1)=C(/C)N. The Balaban J connectivity index is 1.98. The molecule has 0 radical (unpaired) electrons. The van der Waals surface area contributed by atoms with E-state index < -0.39 is 0 Å². The van der Waals surface area contributed by atoms with Gasteiger partial charge in [-0.05, 0) is 50.1 Å². The Kier molecular flexibility index (Phi) is 8.88. The Morgan fingerprint density at radius 3 is 2.63 bits per heavy atom. The fraction of sp³-hybridized carbons (Fsp3) is 0.240. The number of hydrogen-bond donors (Lipinski definition) is 2. The number of rotatable bonds is 9. The number of carbonyl (C=O) groups excluding carboxylic acids is 1. The highest BCUT2D eigenvalue weighted by atomic mass is 19.1. The topological polar surface area (TPSA) is 64.3 Å². The largest absolute Gasteiger partial charge is 0.489 e. The van der Waals surface area contributed by atoms with Crippen LogP contribution in [0.15, 0.2) is 83.6 Å². The maximum atomic E-state index is 13.7. The van der Waals surface area contributed by atoms with E-state index >= 15 is 0 Å². The number of benzene rings is 2. The van der Waals surface area contributed by atoms with Crippen molar-refractivity contribution in [3.05, 3.63) is 101 Å². The zero-order chi connectivity index (χ0) is 21.9. The number of nitrogens with one attached hydrogen (secondary N) is 1. The molecule has 4 nitrogen and oxygen atoms in total. The molecule has 0 aliphatic heterocycles. The number of halogens is 1. The molecular weight excluding hydrogens is 379 g/mol. The summed E-state index contributed by atoms with van der Waals surface area (Å²) in [7, 11) is 0. The third kappa shape index (κ3) is 7.24. The lowest BCUT2D eigenvalue weighted by Crippen LogP contribution is -2.25. The van der Waals surface area contributed by atoms with Gasteiger partial charge in [0, 0.05) is 17.8 Å². The zero-order valence-electron chi connectivity index (χ0n) is 17.7. The molecule has 1 amide bonds. The second-order valence-corrected chi connectivity index (χ2v) is 7.03. The van der Waals surface area contributed by atoms with Crippen molar-refractivity contribution in [3.8, 4) is 5.75 Å². The first-order valence-corrected chi connectivity index (χ1v) is 9.94. The normalized spacial score (nSPS) is 12.6.